The SMILES string of the molecule is C/C(=C/CC/C(C)=C/CC[C@@]1(C)CCc2cc(O)cc(C)c2O1)C(=O)O. The Morgan fingerprint density at radius 2 is 2.00 bits per heavy atom. The lowest BCUT2D eigenvalue weighted by atomic mass is 9.87. The lowest BCUT2D eigenvalue weighted by Crippen LogP contribution is -2.36. The van der Waals surface area contributed by atoms with Crippen LogP contribution >= 0.6 is 0 Å². The second kappa shape index (κ2) is 8.43. The van der Waals surface area contributed by atoms with Crippen LogP contribution in [0.3, 0.4) is 0 Å². The number of carboxylic acids is 1. The summed E-state index contributed by atoms with van der Waals surface area (Å²) >= 11 is 0. The number of allylic oxidation sites excluding steroid dienone is 3. The van der Waals surface area contributed by atoms with Crippen molar-refractivity contribution in [2.75, 3.05) is 0 Å². The minimum Gasteiger partial charge on any atom is -0.508 e. The van der Waals surface area contributed by atoms with Crippen molar-refractivity contribution in [3.63, 3.8) is 0 Å². The third kappa shape index (κ3) is 5.38. The largest absolute Gasteiger partial charge is 0.508 e. The van der Waals surface area contributed by atoms with E-state index in [1.54, 1.807) is 25.1 Å². The van der Waals surface area contributed by atoms with Crippen molar-refractivity contribution in [2.24, 2.45) is 0 Å². The first kappa shape index (κ1) is 20.1. The fourth-order valence-corrected chi connectivity index (χ4v) is 3.36. The standard InChI is InChI=1S/C22H30O4/c1-15(7-5-9-16(2)21(24)25)8-6-11-22(4)12-10-18-14-19(23)13-17(3)20(18)26-22/h8-9,13-14,23H,5-7,10-12H2,1-4H3,(H,24,25)/b15-8+,16-9-/t22-/m0/s1. The second-order valence-corrected chi connectivity index (χ2v) is 7.62. The number of aliphatic carboxylic acids is 1. The highest BCUT2D eigenvalue weighted by atomic mass is 16.5. The number of rotatable bonds is 7. The average Bonchev–Trinajstić information content (AvgIpc) is 2.55. The molecule has 1 aromatic rings. The number of fused-ring (bicyclic) bond motifs is 1. The quantitative estimate of drug-likeness (QED) is 0.511. The van der Waals surface area contributed by atoms with Crippen molar-refractivity contribution < 1.29 is 19.7 Å². The highest BCUT2D eigenvalue weighted by molar-refractivity contribution is 5.85. The number of phenolic OH excluding ortho intramolecular Hbond substituents is 1. The van der Waals surface area contributed by atoms with Crippen molar-refractivity contribution in [3.8, 4) is 11.5 Å². The first-order chi connectivity index (χ1) is 12.2. The van der Waals surface area contributed by atoms with Crippen molar-refractivity contribution in [1.82, 2.24) is 0 Å². The van der Waals surface area contributed by atoms with E-state index in [-0.39, 0.29) is 5.60 Å². The Morgan fingerprint density at radius 3 is 2.69 bits per heavy atom. The Morgan fingerprint density at radius 1 is 1.27 bits per heavy atom. The van der Waals surface area contributed by atoms with E-state index in [0.29, 0.717) is 11.3 Å². The van der Waals surface area contributed by atoms with Crippen LogP contribution in [0.2, 0.25) is 0 Å². The van der Waals surface area contributed by atoms with Crippen LogP contribution in [0.15, 0.2) is 35.4 Å². The van der Waals surface area contributed by atoms with Crippen molar-refractivity contribution in [1.29, 1.82) is 0 Å². The molecule has 1 aliphatic heterocycles. The molecular formula is C22H30O4. The van der Waals surface area contributed by atoms with Gasteiger partial charge in [0, 0.05) is 5.57 Å². The highest BCUT2D eigenvalue weighted by Gasteiger charge is 2.31. The Balaban J connectivity index is 1.89. The van der Waals surface area contributed by atoms with E-state index < -0.39 is 5.97 Å². The zero-order valence-corrected chi connectivity index (χ0v) is 16.3. The van der Waals surface area contributed by atoms with Crippen LogP contribution in [0.5, 0.6) is 11.5 Å². The maximum absolute atomic E-state index is 10.8. The molecule has 142 valence electrons. The highest BCUT2D eigenvalue weighted by Crippen LogP contribution is 2.39. The van der Waals surface area contributed by atoms with Crippen LogP contribution in [0.1, 0.15) is 64.0 Å². The maximum Gasteiger partial charge on any atom is 0.330 e. The molecule has 26 heavy (non-hydrogen) atoms. The Kier molecular flexibility index (Phi) is 6.52. The predicted octanol–water partition coefficient (Wildman–Crippen LogP) is 5.32. The summed E-state index contributed by atoms with van der Waals surface area (Å²) in [5, 5.41) is 18.6. The third-order valence-corrected chi connectivity index (χ3v) is 5.10. The molecule has 0 aliphatic carbocycles. The first-order valence-electron chi connectivity index (χ1n) is 9.27. The van der Waals surface area contributed by atoms with Gasteiger partial charge in [0.05, 0.1) is 0 Å². The molecule has 2 rings (SSSR count). The third-order valence-electron chi connectivity index (χ3n) is 5.10. The molecule has 0 amide bonds. The topological polar surface area (TPSA) is 66.8 Å². The summed E-state index contributed by atoms with van der Waals surface area (Å²) in [6.07, 6.45) is 9.38. The van der Waals surface area contributed by atoms with Crippen LogP contribution in [0, 0.1) is 6.92 Å². The van der Waals surface area contributed by atoms with Gasteiger partial charge in [-0.05, 0) is 89.5 Å². The number of hydrogen-bond donors (Lipinski definition) is 2. The van der Waals surface area contributed by atoms with E-state index in [9.17, 15) is 9.90 Å². The number of hydrogen-bond acceptors (Lipinski definition) is 3. The minimum absolute atomic E-state index is 0.189. The number of aryl methyl sites for hydroxylation is 2. The van der Waals surface area contributed by atoms with Crippen molar-refractivity contribution in [3.05, 3.63) is 46.6 Å². The van der Waals surface area contributed by atoms with Gasteiger partial charge < -0.3 is 14.9 Å². The first-order valence-corrected chi connectivity index (χ1v) is 9.27. The van der Waals surface area contributed by atoms with E-state index >= 15 is 0 Å². The molecule has 0 bridgehead atoms. The summed E-state index contributed by atoms with van der Waals surface area (Å²) in [6.45, 7) is 7.85. The van der Waals surface area contributed by atoms with Gasteiger partial charge in [0.25, 0.3) is 0 Å². The van der Waals surface area contributed by atoms with Crippen LogP contribution in [-0.2, 0) is 11.2 Å². The van der Waals surface area contributed by atoms with E-state index in [4.69, 9.17) is 9.84 Å². The minimum atomic E-state index is -0.849. The lowest BCUT2D eigenvalue weighted by molar-refractivity contribution is -0.132. The smallest absolute Gasteiger partial charge is 0.330 e. The average molecular weight is 358 g/mol. The van der Waals surface area contributed by atoms with Gasteiger partial charge >= 0.3 is 5.97 Å². The normalized spacial score (nSPS) is 20.5. The summed E-state index contributed by atoms with van der Waals surface area (Å²) in [7, 11) is 0. The Labute approximate surface area is 156 Å². The number of carbonyl (C=O) groups is 1. The van der Waals surface area contributed by atoms with Gasteiger partial charge in [0.1, 0.15) is 17.1 Å². The molecule has 0 saturated carbocycles. The van der Waals surface area contributed by atoms with Crippen LogP contribution < -0.4 is 4.74 Å². The molecule has 0 spiro atoms. The van der Waals surface area contributed by atoms with E-state index in [0.717, 1.165) is 55.4 Å². The molecule has 1 aliphatic rings. The van der Waals surface area contributed by atoms with Crippen LogP contribution in [0.4, 0.5) is 0 Å². The number of aromatic hydroxyl groups is 1. The van der Waals surface area contributed by atoms with Gasteiger partial charge in [-0.3, -0.25) is 0 Å². The van der Waals surface area contributed by atoms with E-state index in [1.807, 2.05) is 6.92 Å². The van der Waals surface area contributed by atoms with Crippen LogP contribution in [0.25, 0.3) is 0 Å². The fraction of sp³-hybridized carbons (Fsp3) is 0.500. The Hall–Kier alpha value is -2.23. The van der Waals surface area contributed by atoms with E-state index in [1.165, 1.54) is 5.57 Å². The molecule has 0 radical (unpaired) electrons. The Bertz CT molecular complexity index is 730. The predicted molar refractivity (Wildman–Crippen MR) is 104 cm³/mol. The molecule has 4 nitrogen and oxygen atoms in total. The monoisotopic (exact) mass is 358 g/mol. The lowest BCUT2D eigenvalue weighted by Gasteiger charge is -2.36. The second-order valence-electron chi connectivity index (χ2n) is 7.62. The molecule has 0 aromatic heterocycles. The van der Waals surface area contributed by atoms with Gasteiger partial charge in [0.15, 0.2) is 0 Å². The van der Waals surface area contributed by atoms with Gasteiger partial charge in [-0.15, -0.1) is 0 Å². The maximum atomic E-state index is 10.8. The number of carboxylic acid groups (broad SMARTS) is 1. The molecule has 0 saturated heterocycles. The van der Waals surface area contributed by atoms with Gasteiger partial charge in [-0.1, -0.05) is 17.7 Å². The molecule has 1 heterocycles. The summed E-state index contributed by atoms with van der Waals surface area (Å²) in [5.74, 6) is 0.378. The van der Waals surface area contributed by atoms with Gasteiger partial charge in [-0.2, -0.15) is 0 Å². The van der Waals surface area contributed by atoms with Gasteiger partial charge in [-0.25, -0.2) is 4.79 Å². The van der Waals surface area contributed by atoms with Crippen molar-refractivity contribution >= 4 is 5.97 Å². The molecule has 2 N–H and O–H groups in total. The molecule has 4 heteroatoms. The number of phenols is 1. The molecular weight excluding hydrogens is 328 g/mol. The number of ether oxygens (including phenoxy) is 1. The molecule has 0 unspecified atom stereocenters. The summed E-state index contributed by atoms with van der Waals surface area (Å²) in [6, 6.07) is 3.56. The summed E-state index contributed by atoms with van der Waals surface area (Å²) in [4.78, 5) is 10.8. The fourth-order valence-electron chi connectivity index (χ4n) is 3.36. The summed E-state index contributed by atoms with van der Waals surface area (Å²) in [5.41, 5.74) is 3.57. The zero-order chi connectivity index (χ0) is 19.3. The van der Waals surface area contributed by atoms with Crippen LogP contribution in [-0.4, -0.2) is 21.8 Å². The van der Waals surface area contributed by atoms with Crippen molar-refractivity contribution in [2.45, 2.75) is 71.8 Å². The van der Waals surface area contributed by atoms with Gasteiger partial charge in [0.2, 0.25) is 0 Å². The molecule has 1 aromatic carbocycles. The zero-order valence-electron chi connectivity index (χ0n) is 16.3. The number of benzene rings is 1. The summed E-state index contributed by atoms with van der Waals surface area (Å²) < 4.78 is 6.31. The molecule has 1 atom stereocenters. The van der Waals surface area contributed by atoms with E-state index in [2.05, 4.69) is 19.9 Å². The molecule has 0 fully saturated rings.